The van der Waals surface area contributed by atoms with E-state index >= 15 is 0 Å². The van der Waals surface area contributed by atoms with Gasteiger partial charge in [0.1, 0.15) is 0 Å². The molecule has 2 rings (SSSR count). The summed E-state index contributed by atoms with van der Waals surface area (Å²) in [6, 6.07) is 15.8. The maximum atomic E-state index is 5.55. The summed E-state index contributed by atoms with van der Waals surface area (Å²) in [5.74, 6) is 0. The number of hydrogen-bond donors (Lipinski definition) is 1. The molecule has 0 aromatic heterocycles. The van der Waals surface area contributed by atoms with Gasteiger partial charge < -0.3 is 5.73 Å². The van der Waals surface area contributed by atoms with Gasteiger partial charge in [0.2, 0.25) is 0 Å². The van der Waals surface area contributed by atoms with Crippen molar-refractivity contribution in [3.63, 3.8) is 0 Å². The lowest BCUT2D eigenvalue weighted by Crippen LogP contribution is -1.98. The van der Waals surface area contributed by atoms with Crippen LogP contribution in [0.1, 0.15) is 42.9 Å². The van der Waals surface area contributed by atoms with Crippen LogP contribution in [-0.4, -0.2) is 6.54 Å². The van der Waals surface area contributed by atoms with Crippen LogP contribution in [0.3, 0.4) is 0 Å². The Morgan fingerprint density at radius 3 is 2.33 bits per heavy atom. The van der Waals surface area contributed by atoms with Gasteiger partial charge in [0.15, 0.2) is 0 Å². The first kappa shape index (κ1) is 15.8. The lowest BCUT2D eigenvalue weighted by atomic mass is 9.94. The van der Waals surface area contributed by atoms with Gasteiger partial charge in [0, 0.05) is 0 Å². The summed E-state index contributed by atoms with van der Waals surface area (Å²) < 4.78 is 0. The van der Waals surface area contributed by atoms with Crippen molar-refractivity contribution in [3.05, 3.63) is 59.2 Å². The molecule has 0 aliphatic rings. The highest BCUT2D eigenvalue weighted by Crippen LogP contribution is 2.26. The fourth-order valence-electron chi connectivity index (χ4n) is 2.76. The largest absolute Gasteiger partial charge is 0.330 e. The molecule has 112 valence electrons. The predicted molar refractivity (Wildman–Crippen MR) is 92.6 cm³/mol. The highest BCUT2D eigenvalue weighted by molar-refractivity contribution is 5.68. The Kier molecular flexibility index (Phi) is 6.01. The molecule has 0 bridgehead atoms. The zero-order chi connectivity index (χ0) is 15.1. The molecule has 0 amide bonds. The van der Waals surface area contributed by atoms with Gasteiger partial charge in [-0.3, -0.25) is 0 Å². The van der Waals surface area contributed by atoms with Crippen molar-refractivity contribution < 1.29 is 0 Å². The van der Waals surface area contributed by atoms with E-state index in [0.29, 0.717) is 0 Å². The van der Waals surface area contributed by atoms with Crippen molar-refractivity contribution in [3.8, 4) is 11.1 Å². The summed E-state index contributed by atoms with van der Waals surface area (Å²) in [5, 5.41) is 0. The van der Waals surface area contributed by atoms with E-state index < -0.39 is 0 Å². The Bertz CT molecular complexity index is 555. The van der Waals surface area contributed by atoms with Crippen molar-refractivity contribution in [2.45, 2.75) is 46.0 Å². The third-order valence-corrected chi connectivity index (χ3v) is 4.08. The second kappa shape index (κ2) is 7.99. The van der Waals surface area contributed by atoms with Crippen LogP contribution < -0.4 is 5.73 Å². The van der Waals surface area contributed by atoms with Gasteiger partial charge in [0.25, 0.3) is 0 Å². The van der Waals surface area contributed by atoms with Crippen LogP contribution in [0, 0.1) is 6.92 Å². The quantitative estimate of drug-likeness (QED) is 0.718. The van der Waals surface area contributed by atoms with Crippen LogP contribution in [-0.2, 0) is 12.8 Å². The molecule has 2 N–H and O–H groups in total. The van der Waals surface area contributed by atoms with Crippen molar-refractivity contribution >= 4 is 0 Å². The van der Waals surface area contributed by atoms with Gasteiger partial charge in [0.05, 0.1) is 0 Å². The van der Waals surface area contributed by atoms with Crippen LogP contribution >= 0.6 is 0 Å². The van der Waals surface area contributed by atoms with Crippen LogP contribution in [0.15, 0.2) is 42.5 Å². The summed E-state index contributed by atoms with van der Waals surface area (Å²) in [7, 11) is 0. The van der Waals surface area contributed by atoms with E-state index in [1.165, 1.54) is 47.1 Å². The molecule has 1 heteroatoms. The van der Waals surface area contributed by atoms with E-state index in [1.54, 1.807) is 0 Å². The summed E-state index contributed by atoms with van der Waals surface area (Å²) in [6.45, 7) is 5.19. The average molecular weight is 281 g/mol. The fourth-order valence-corrected chi connectivity index (χ4v) is 2.76. The number of benzene rings is 2. The Balaban J connectivity index is 2.14. The summed E-state index contributed by atoms with van der Waals surface area (Å²) in [5.41, 5.74) is 12.5. The standard InChI is InChI=1S/C20H27N/c1-3-18-15-17(7-5-4-6-14-21)10-13-20(18)19-11-8-16(2)9-12-19/h8-13,15H,3-7,14,21H2,1-2H3. The van der Waals surface area contributed by atoms with Crippen molar-refractivity contribution in [2.24, 2.45) is 5.73 Å². The summed E-state index contributed by atoms with van der Waals surface area (Å²) in [6.07, 6.45) is 5.87. The van der Waals surface area contributed by atoms with Crippen LogP contribution in [0.5, 0.6) is 0 Å². The number of rotatable bonds is 7. The monoisotopic (exact) mass is 281 g/mol. The Morgan fingerprint density at radius 1 is 0.905 bits per heavy atom. The molecule has 0 aliphatic carbocycles. The lowest BCUT2D eigenvalue weighted by Gasteiger charge is -2.11. The Labute approximate surface area is 129 Å². The van der Waals surface area contributed by atoms with E-state index in [1.807, 2.05) is 0 Å². The second-order valence-corrected chi connectivity index (χ2v) is 5.81. The van der Waals surface area contributed by atoms with E-state index in [0.717, 1.165) is 19.4 Å². The molecule has 0 fully saturated rings. The summed E-state index contributed by atoms with van der Waals surface area (Å²) in [4.78, 5) is 0. The molecule has 0 radical (unpaired) electrons. The normalized spacial score (nSPS) is 10.8. The third kappa shape index (κ3) is 4.44. The molecular formula is C20H27N. The third-order valence-electron chi connectivity index (χ3n) is 4.08. The van der Waals surface area contributed by atoms with Crippen LogP contribution in [0.2, 0.25) is 0 Å². The van der Waals surface area contributed by atoms with Gasteiger partial charge in [-0.05, 0) is 61.4 Å². The first-order valence-corrected chi connectivity index (χ1v) is 8.13. The Hall–Kier alpha value is -1.60. The number of aryl methyl sites for hydroxylation is 3. The van der Waals surface area contributed by atoms with Gasteiger partial charge in [-0.2, -0.15) is 0 Å². The van der Waals surface area contributed by atoms with Gasteiger partial charge in [-0.1, -0.05) is 61.4 Å². The lowest BCUT2D eigenvalue weighted by molar-refractivity contribution is 0.686. The molecule has 1 nitrogen and oxygen atoms in total. The molecular weight excluding hydrogens is 254 g/mol. The predicted octanol–water partition coefficient (Wildman–Crippen LogP) is 4.90. The minimum absolute atomic E-state index is 0.812. The molecule has 0 saturated carbocycles. The van der Waals surface area contributed by atoms with Crippen LogP contribution in [0.25, 0.3) is 11.1 Å². The van der Waals surface area contributed by atoms with Gasteiger partial charge >= 0.3 is 0 Å². The molecule has 0 spiro atoms. The molecule has 21 heavy (non-hydrogen) atoms. The average Bonchev–Trinajstić information content (AvgIpc) is 2.52. The van der Waals surface area contributed by atoms with E-state index in [-0.39, 0.29) is 0 Å². The maximum absolute atomic E-state index is 5.55. The molecule has 0 unspecified atom stereocenters. The molecule has 2 aromatic carbocycles. The molecule has 2 aromatic rings. The SMILES string of the molecule is CCc1cc(CCCCCN)ccc1-c1ccc(C)cc1. The van der Waals surface area contributed by atoms with E-state index in [4.69, 9.17) is 5.73 Å². The minimum atomic E-state index is 0.812. The van der Waals surface area contributed by atoms with Gasteiger partial charge in [-0.25, -0.2) is 0 Å². The number of unbranched alkanes of at least 4 members (excludes halogenated alkanes) is 2. The van der Waals surface area contributed by atoms with E-state index in [9.17, 15) is 0 Å². The fraction of sp³-hybridized carbons (Fsp3) is 0.400. The first-order chi connectivity index (χ1) is 10.2. The van der Waals surface area contributed by atoms with Crippen molar-refractivity contribution in [2.75, 3.05) is 6.54 Å². The second-order valence-electron chi connectivity index (χ2n) is 5.81. The van der Waals surface area contributed by atoms with Crippen molar-refractivity contribution in [1.82, 2.24) is 0 Å². The first-order valence-electron chi connectivity index (χ1n) is 8.13. The summed E-state index contributed by atoms with van der Waals surface area (Å²) >= 11 is 0. The van der Waals surface area contributed by atoms with Gasteiger partial charge in [-0.15, -0.1) is 0 Å². The molecule has 0 aliphatic heterocycles. The highest BCUT2D eigenvalue weighted by atomic mass is 14.5. The number of nitrogens with two attached hydrogens (primary N) is 1. The molecule has 0 atom stereocenters. The topological polar surface area (TPSA) is 26.0 Å². The van der Waals surface area contributed by atoms with Crippen LogP contribution in [0.4, 0.5) is 0 Å². The smallest absolute Gasteiger partial charge is 0.00773 e. The molecule has 0 saturated heterocycles. The highest BCUT2D eigenvalue weighted by Gasteiger charge is 2.05. The zero-order valence-corrected chi connectivity index (χ0v) is 13.4. The Morgan fingerprint density at radius 2 is 1.67 bits per heavy atom. The molecule has 0 heterocycles. The van der Waals surface area contributed by atoms with E-state index in [2.05, 4.69) is 56.3 Å². The zero-order valence-electron chi connectivity index (χ0n) is 13.4. The number of hydrogen-bond acceptors (Lipinski definition) is 1. The van der Waals surface area contributed by atoms with Crippen molar-refractivity contribution in [1.29, 1.82) is 0 Å². The maximum Gasteiger partial charge on any atom is -0.00773 e. The minimum Gasteiger partial charge on any atom is -0.330 e.